The Morgan fingerprint density at radius 1 is 1.36 bits per heavy atom. The Morgan fingerprint density at radius 2 is 2.12 bits per heavy atom. The molecule has 5 N–H and O–H groups in total. The van der Waals surface area contributed by atoms with Crippen molar-refractivity contribution in [2.24, 2.45) is 22.4 Å². The lowest BCUT2D eigenvalue weighted by molar-refractivity contribution is -0.117. The topological polar surface area (TPSA) is 130 Å². The molecule has 0 aliphatic heterocycles. The van der Waals surface area contributed by atoms with Gasteiger partial charge >= 0.3 is 0 Å². The molecule has 1 aliphatic rings. The molecule has 0 bridgehead atoms. The van der Waals surface area contributed by atoms with Gasteiger partial charge in [0.15, 0.2) is 0 Å². The van der Waals surface area contributed by atoms with Crippen LogP contribution in [0.15, 0.2) is 41.5 Å². The molecule has 33 heavy (non-hydrogen) atoms. The lowest BCUT2D eigenvalue weighted by atomic mass is 9.95. The van der Waals surface area contributed by atoms with Crippen LogP contribution >= 0.6 is 34.5 Å². The van der Waals surface area contributed by atoms with Crippen LogP contribution in [-0.4, -0.2) is 17.2 Å². The van der Waals surface area contributed by atoms with E-state index in [1.54, 1.807) is 43.5 Å². The number of nitrogens with two attached hydrogens (primary N) is 2. The second-order valence-corrected chi connectivity index (χ2v) is 9.73. The monoisotopic (exact) mass is 498 g/mol. The van der Waals surface area contributed by atoms with Crippen molar-refractivity contribution < 1.29 is 4.79 Å². The zero-order valence-electron chi connectivity index (χ0n) is 17.6. The molecule has 1 saturated carbocycles. The number of pyridine rings is 1. The molecule has 0 radical (unpaired) electrons. The number of rotatable bonds is 6. The quantitative estimate of drug-likeness (QED) is 0.320. The number of aliphatic imine (C=N–C) groups is 1. The van der Waals surface area contributed by atoms with Gasteiger partial charge in [0.1, 0.15) is 17.5 Å². The van der Waals surface area contributed by atoms with E-state index in [-0.39, 0.29) is 11.8 Å². The first kappa shape index (κ1) is 23.2. The molecule has 1 unspecified atom stereocenters. The molecule has 168 valence electrons. The number of nitrogens with one attached hydrogen (secondary N) is 1. The minimum Gasteiger partial charge on any atom is -0.390 e. The smallest absolute Gasteiger partial charge is 0.228 e. The number of halogens is 2. The van der Waals surface area contributed by atoms with Crippen molar-refractivity contribution in [3.63, 3.8) is 0 Å². The van der Waals surface area contributed by atoms with Gasteiger partial charge in [0.05, 0.1) is 21.7 Å². The summed E-state index contributed by atoms with van der Waals surface area (Å²) in [4.78, 5) is 21.9. The lowest BCUT2D eigenvalue weighted by Crippen LogP contribution is -2.31. The average Bonchev–Trinajstić information content (AvgIpc) is 3.54. The van der Waals surface area contributed by atoms with Crippen LogP contribution in [-0.2, 0) is 10.5 Å². The maximum Gasteiger partial charge on any atom is 0.228 e. The largest absolute Gasteiger partial charge is 0.390 e. The third-order valence-corrected chi connectivity index (χ3v) is 7.26. The summed E-state index contributed by atoms with van der Waals surface area (Å²) in [6, 6.07) is 10.9. The van der Waals surface area contributed by atoms with Gasteiger partial charge < -0.3 is 16.8 Å². The highest BCUT2D eigenvalue weighted by molar-refractivity contribution is 7.16. The summed E-state index contributed by atoms with van der Waals surface area (Å²) in [6.07, 6.45) is 4.50. The van der Waals surface area contributed by atoms with Crippen LogP contribution in [0.4, 0.5) is 5.82 Å². The van der Waals surface area contributed by atoms with E-state index < -0.39 is 5.66 Å². The fourth-order valence-electron chi connectivity index (χ4n) is 3.47. The van der Waals surface area contributed by atoms with Gasteiger partial charge in [-0.1, -0.05) is 29.3 Å². The number of thiophene rings is 1. The predicted molar refractivity (Wildman–Crippen MR) is 133 cm³/mol. The SMILES string of the molecule is CC(N)(/N=C\N)c1sc(-c2ccnc(NC(=O)C3CC3)c2)c(C#N)c1-c1ccc(Cl)cc1Cl. The molecular formula is C23H20Cl2N6OS. The van der Waals surface area contributed by atoms with Crippen molar-refractivity contribution in [3.05, 3.63) is 57.0 Å². The average molecular weight is 499 g/mol. The van der Waals surface area contributed by atoms with Crippen molar-refractivity contribution in [1.82, 2.24) is 4.98 Å². The van der Waals surface area contributed by atoms with Crippen LogP contribution in [0.2, 0.25) is 10.0 Å². The minimum absolute atomic E-state index is 0.0455. The molecule has 1 amide bonds. The zero-order chi connectivity index (χ0) is 23.8. The summed E-state index contributed by atoms with van der Waals surface area (Å²) in [7, 11) is 0. The first-order valence-corrected chi connectivity index (χ1v) is 11.7. The molecule has 1 aromatic carbocycles. The van der Waals surface area contributed by atoms with E-state index in [1.165, 1.54) is 11.3 Å². The third-order valence-electron chi connectivity index (χ3n) is 5.24. The van der Waals surface area contributed by atoms with Gasteiger partial charge in [-0.25, -0.2) is 9.98 Å². The lowest BCUT2D eigenvalue weighted by Gasteiger charge is -2.20. The molecule has 4 rings (SSSR count). The Balaban J connectivity index is 1.91. The predicted octanol–water partition coefficient (Wildman–Crippen LogP) is 5.12. The number of hydrogen-bond donors (Lipinski definition) is 3. The standard InChI is InChI=1S/C23H20Cl2N6OS/c1-23(28,30-11-27)21-19(15-5-4-14(24)9-17(15)25)16(10-26)20(33-21)13-6-7-29-18(8-13)31-22(32)12-2-3-12/h4-9,11-12H,2-3,28H2,1H3,(H2,27,30)(H,29,31,32). The van der Waals surface area contributed by atoms with E-state index in [0.717, 1.165) is 19.2 Å². The zero-order valence-corrected chi connectivity index (χ0v) is 19.9. The van der Waals surface area contributed by atoms with Crippen LogP contribution in [0.3, 0.4) is 0 Å². The molecule has 2 aromatic heterocycles. The normalized spacial score (nSPS) is 15.2. The summed E-state index contributed by atoms with van der Waals surface area (Å²) in [5.74, 6) is 0.418. The van der Waals surface area contributed by atoms with Crippen LogP contribution in [0.25, 0.3) is 21.6 Å². The van der Waals surface area contributed by atoms with Crippen LogP contribution in [0.5, 0.6) is 0 Å². The highest BCUT2D eigenvalue weighted by Gasteiger charge is 2.33. The van der Waals surface area contributed by atoms with E-state index in [1.807, 2.05) is 0 Å². The van der Waals surface area contributed by atoms with Gasteiger partial charge in [-0.05, 0) is 49.6 Å². The highest BCUT2D eigenvalue weighted by atomic mass is 35.5. The molecular weight excluding hydrogens is 479 g/mol. The molecule has 10 heteroatoms. The van der Waals surface area contributed by atoms with Crippen molar-refractivity contribution in [3.8, 4) is 27.6 Å². The summed E-state index contributed by atoms with van der Waals surface area (Å²) in [5.41, 5.74) is 13.1. The Kier molecular flexibility index (Phi) is 6.41. The number of nitriles is 1. The number of aromatic nitrogens is 1. The van der Waals surface area contributed by atoms with Crippen molar-refractivity contribution in [2.45, 2.75) is 25.4 Å². The Morgan fingerprint density at radius 3 is 2.76 bits per heavy atom. The number of nitrogens with zero attached hydrogens (tertiary/aromatic N) is 3. The second-order valence-electron chi connectivity index (χ2n) is 7.87. The first-order chi connectivity index (χ1) is 15.7. The first-order valence-electron chi connectivity index (χ1n) is 10.1. The highest BCUT2D eigenvalue weighted by Crippen LogP contribution is 2.48. The molecule has 0 saturated heterocycles. The maximum absolute atomic E-state index is 12.2. The van der Waals surface area contributed by atoms with Gasteiger partial charge in [0.25, 0.3) is 0 Å². The van der Waals surface area contributed by atoms with Gasteiger partial charge in [-0.15, -0.1) is 11.3 Å². The second kappa shape index (κ2) is 9.12. The molecule has 1 atom stereocenters. The fourth-order valence-corrected chi connectivity index (χ4v) is 5.25. The van der Waals surface area contributed by atoms with Crippen molar-refractivity contribution in [1.29, 1.82) is 5.26 Å². The number of benzene rings is 1. The Labute approximate surface area is 205 Å². The maximum atomic E-state index is 12.2. The number of carbonyl (C=O) groups is 1. The molecule has 2 heterocycles. The molecule has 1 aliphatic carbocycles. The molecule has 7 nitrogen and oxygen atoms in total. The molecule has 1 fully saturated rings. The summed E-state index contributed by atoms with van der Waals surface area (Å²) in [5, 5.41) is 13.9. The minimum atomic E-state index is -1.21. The number of amides is 1. The number of anilines is 1. The van der Waals surface area contributed by atoms with Gasteiger partial charge in [-0.2, -0.15) is 5.26 Å². The van der Waals surface area contributed by atoms with Crippen molar-refractivity contribution >= 4 is 52.6 Å². The van der Waals surface area contributed by atoms with E-state index in [4.69, 9.17) is 34.7 Å². The Bertz CT molecular complexity index is 1310. The van der Waals surface area contributed by atoms with Crippen molar-refractivity contribution in [2.75, 3.05) is 5.32 Å². The third kappa shape index (κ3) is 4.72. The van der Waals surface area contributed by atoms with E-state index in [2.05, 4.69) is 21.4 Å². The molecule has 3 aromatic rings. The summed E-state index contributed by atoms with van der Waals surface area (Å²) >= 11 is 13.9. The Hall–Kier alpha value is -2.96. The summed E-state index contributed by atoms with van der Waals surface area (Å²) in [6.45, 7) is 1.70. The van der Waals surface area contributed by atoms with Crippen LogP contribution in [0, 0.1) is 17.2 Å². The van der Waals surface area contributed by atoms with Gasteiger partial charge in [0.2, 0.25) is 5.91 Å². The van der Waals surface area contributed by atoms with Gasteiger partial charge in [-0.3, -0.25) is 4.79 Å². The van der Waals surface area contributed by atoms with Crippen LogP contribution < -0.4 is 16.8 Å². The van der Waals surface area contributed by atoms with E-state index >= 15 is 0 Å². The fraction of sp³-hybridized carbons (Fsp3) is 0.217. The van der Waals surface area contributed by atoms with E-state index in [0.29, 0.717) is 47.9 Å². The number of carbonyl (C=O) groups excluding carboxylic acids is 1. The van der Waals surface area contributed by atoms with Crippen LogP contribution in [0.1, 0.15) is 30.2 Å². The summed E-state index contributed by atoms with van der Waals surface area (Å²) < 4.78 is 0. The number of hydrogen-bond acceptors (Lipinski definition) is 6. The molecule has 0 spiro atoms. The van der Waals surface area contributed by atoms with Gasteiger partial charge in [0, 0.05) is 33.3 Å². The van der Waals surface area contributed by atoms with E-state index in [9.17, 15) is 10.1 Å².